The lowest BCUT2D eigenvalue weighted by Crippen LogP contribution is -2.20. The lowest BCUT2D eigenvalue weighted by molar-refractivity contribution is 0.790. The van der Waals surface area contributed by atoms with Crippen LogP contribution in [0.25, 0.3) is 0 Å². The summed E-state index contributed by atoms with van der Waals surface area (Å²) in [6, 6.07) is 4.96. The predicted octanol–water partition coefficient (Wildman–Crippen LogP) is 4.06. The number of rotatable bonds is 8. The monoisotopic (exact) mass is 310 g/mol. The van der Waals surface area contributed by atoms with E-state index >= 15 is 0 Å². The van der Waals surface area contributed by atoms with Crippen molar-refractivity contribution in [3.8, 4) is 0 Å². The van der Waals surface area contributed by atoms with Crippen molar-refractivity contribution in [3.05, 3.63) is 64.9 Å². The van der Waals surface area contributed by atoms with Gasteiger partial charge in [0.1, 0.15) is 7.85 Å². The van der Waals surface area contributed by atoms with Crippen molar-refractivity contribution >= 4 is 13.5 Å². The van der Waals surface area contributed by atoms with Gasteiger partial charge >= 0.3 is 0 Å². The first-order valence-corrected chi connectivity index (χ1v) is 8.53. The van der Waals surface area contributed by atoms with Gasteiger partial charge in [0, 0.05) is 17.4 Å². The molecule has 1 aromatic rings. The fraction of sp³-hybridized carbons (Fsp3) is 0.400. The molecule has 3 heteroatoms. The summed E-state index contributed by atoms with van der Waals surface area (Å²) < 4.78 is 0. The van der Waals surface area contributed by atoms with Gasteiger partial charge in [-0.1, -0.05) is 38.0 Å². The number of allylic oxidation sites excluding steroid dienone is 4. The Bertz CT molecular complexity index is 596. The van der Waals surface area contributed by atoms with Crippen LogP contribution in [0.5, 0.6) is 0 Å². The number of nitrogens with one attached hydrogen (secondary N) is 1. The number of nitrogens with two attached hydrogens (primary N) is 1. The third-order valence-corrected chi connectivity index (χ3v) is 4.22. The number of hydrogen-bond acceptors (Lipinski definition) is 2. The zero-order valence-corrected chi connectivity index (χ0v) is 15.4. The first-order valence-electron chi connectivity index (χ1n) is 8.53. The molecule has 0 heterocycles. The Labute approximate surface area is 143 Å². The van der Waals surface area contributed by atoms with Gasteiger partial charge in [-0.05, 0) is 68.0 Å². The Morgan fingerprint density at radius 2 is 2.00 bits per heavy atom. The van der Waals surface area contributed by atoms with Crippen molar-refractivity contribution in [2.24, 2.45) is 5.73 Å². The second-order valence-electron chi connectivity index (χ2n) is 6.26. The van der Waals surface area contributed by atoms with Crippen LogP contribution in [-0.2, 0) is 6.42 Å². The van der Waals surface area contributed by atoms with Gasteiger partial charge in [-0.25, -0.2) is 0 Å². The maximum absolute atomic E-state index is 5.71. The van der Waals surface area contributed by atoms with Crippen molar-refractivity contribution in [2.45, 2.75) is 52.9 Å². The molecule has 1 aromatic carbocycles. The highest BCUT2D eigenvalue weighted by Gasteiger charge is 2.10. The fourth-order valence-electron chi connectivity index (χ4n) is 2.69. The molecule has 0 radical (unpaired) electrons. The van der Waals surface area contributed by atoms with Crippen molar-refractivity contribution in [3.63, 3.8) is 0 Å². The molecule has 3 N–H and O–H groups in total. The van der Waals surface area contributed by atoms with Crippen molar-refractivity contribution < 1.29 is 0 Å². The third kappa shape index (κ3) is 6.01. The largest absolute Gasteiger partial charge is 0.402 e. The first kappa shape index (κ1) is 19.2. The highest BCUT2D eigenvalue weighted by atomic mass is 14.9. The van der Waals surface area contributed by atoms with Crippen LogP contribution >= 0.6 is 0 Å². The van der Waals surface area contributed by atoms with Crippen LogP contribution in [0.3, 0.4) is 0 Å². The van der Waals surface area contributed by atoms with Crippen LogP contribution < -0.4 is 11.1 Å². The Morgan fingerprint density at radius 1 is 1.30 bits per heavy atom. The van der Waals surface area contributed by atoms with E-state index in [0.29, 0.717) is 6.04 Å². The molecular weight excluding hydrogens is 279 g/mol. The maximum atomic E-state index is 5.71. The van der Waals surface area contributed by atoms with E-state index in [0.717, 1.165) is 24.9 Å². The van der Waals surface area contributed by atoms with E-state index in [9.17, 15) is 0 Å². The van der Waals surface area contributed by atoms with Crippen molar-refractivity contribution in [2.75, 3.05) is 5.32 Å². The highest BCUT2D eigenvalue weighted by Crippen LogP contribution is 2.24. The van der Waals surface area contributed by atoms with Crippen molar-refractivity contribution in [1.82, 2.24) is 0 Å². The molecule has 0 aromatic heterocycles. The molecule has 0 spiro atoms. The van der Waals surface area contributed by atoms with Gasteiger partial charge < -0.3 is 11.1 Å². The van der Waals surface area contributed by atoms with Gasteiger partial charge in [-0.2, -0.15) is 0 Å². The van der Waals surface area contributed by atoms with Crippen LogP contribution in [0, 0.1) is 13.8 Å². The summed E-state index contributed by atoms with van der Waals surface area (Å²) in [5.41, 5.74) is 13.1. The smallest absolute Gasteiger partial charge is 0.104 e. The molecule has 0 amide bonds. The summed E-state index contributed by atoms with van der Waals surface area (Å²) in [5, 5.41) is 3.71. The Balaban J connectivity index is 2.94. The quantitative estimate of drug-likeness (QED) is 0.561. The van der Waals surface area contributed by atoms with Gasteiger partial charge in [-0.15, -0.1) is 0 Å². The van der Waals surface area contributed by atoms with E-state index in [2.05, 4.69) is 58.7 Å². The molecule has 124 valence electrons. The molecule has 0 aliphatic carbocycles. The molecule has 0 saturated carbocycles. The third-order valence-electron chi connectivity index (χ3n) is 4.22. The lowest BCUT2D eigenvalue weighted by Gasteiger charge is -2.22. The molecule has 0 fully saturated rings. The standard InChI is InChI=1S/C20H31BN2/c1-6-17(9-8-16(5)22)11-19(13-21)23-20-12-18(7-2)14(3)10-15(20)4/h6,8-10,12,19,23H,1,7,11,13,21-22H2,2-5H3/b16-8-,17-9+. The van der Waals surface area contributed by atoms with Crippen LogP contribution in [0.15, 0.2) is 48.2 Å². The van der Waals surface area contributed by atoms with Gasteiger partial charge in [0.05, 0.1) is 0 Å². The van der Waals surface area contributed by atoms with Gasteiger partial charge in [0.15, 0.2) is 0 Å². The molecular formula is C20H31BN2. The minimum atomic E-state index is 0.386. The summed E-state index contributed by atoms with van der Waals surface area (Å²) in [5.74, 6) is 0. The van der Waals surface area contributed by atoms with E-state index < -0.39 is 0 Å². The SMILES string of the molecule is BCC(C/C(C=C)=C/C=C(/C)N)Nc1cc(CC)c(C)cc1C. The van der Waals surface area contributed by atoms with Gasteiger partial charge in [0.2, 0.25) is 0 Å². The van der Waals surface area contributed by atoms with Gasteiger partial charge in [0.25, 0.3) is 0 Å². The Morgan fingerprint density at radius 3 is 2.52 bits per heavy atom. The molecule has 23 heavy (non-hydrogen) atoms. The molecule has 0 bridgehead atoms. The average Bonchev–Trinajstić information content (AvgIpc) is 2.52. The zero-order valence-electron chi connectivity index (χ0n) is 15.4. The summed E-state index contributed by atoms with van der Waals surface area (Å²) >= 11 is 0. The topological polar surface area (TPSA) is 38.0 Å². The second kappa shape index (κ2) is 9.29. The van der Waals surface area contributed by atoms with Gasteiger partial charge in [-0.3, -0.25) is 0 Å². The first-order chi connectivity index (χ1) is 10.9. The van der Waals surface area contributed by atoms with Crippen molar-refractivity contribution in [1.29, 1.82) is 0 Å². The van der Waals surface area contributed by atoms with Crippen LogP contribution in [-0.4, -0.2) is 13.9 Å². The minimum Gasteiger partial charge on any atom is -0.402 e. The number of aryl methyl sites for hydroxylation is 3. The number of anilines is 1. The van der Waals surface area contributed by atoms with E-state index in [4.69, 9.17) is 5.73 Å². The zero-order chi connectivity index (χ0) is 17.4. The van der Waals surface area contributed by atoms with Crippen LogP contribution in [0.1, 0.15) is 37.0 Å². The van der Waals surface area contributed by atoms with E-state index in [-0.39, 0.29) is 0 Å². The summed E-state index contributed by atoms with van der Waals surface area (Å²) in [6.07, 6.45) is 8.99. The summed E-state index contributed by atoms with van der Waals surface area (Å²) in [4.78, 5) is 0. The lowest BCUT2D eigenvalue weighted by atomic mass is 9.91. The molecule has 0 aliphatic rings. The van der Waals surface area contributed by atoms with Crippen LogP contribution in [0.4, 0.5) is 5.69 Å². The van der Waals surface area contributed by atoms with Crippen LogP contribution in [0.2, 0.25) is 6.32 Å². The summed E-state index contributed by atoms with van der Waals surface area (Å²) in [7, 11) is 2.21. The number of hydrogen-bond donors (Lipinski definition) is 2. The Hall–Kier alpha value is -1.90. The van der Waals surface area contributed by atoms with E-state index in [1.165, 1.54) is 28.0 Å². The maximum Gasteiger partial charge on any atom is 0.104 e. The molecule has 1 rings (SSSR count). The highest BCUT2D eigenvalue weighted by molar-refractivity contribution is 6.09. The molecule has 1 atom stereocenters. The second-order valence-corrected chi connectivity index (χ2v) is 6.26. The average molecular weight is 310 g/mol. The minimum absolute atomic E-state index is 0.386. The number of benzene rings is 1. The molecule has 2 nitrogen and oxygen atoms in total. The van der Waals surface area contributed by atoms with E-state index in [1.807, 2.05) is 19.1 Å². The Kier molecular flexibility index (Phi) is 7.74. The molecule has 1 unspecified atom stereocenters. The molecule has 0 saturated heterocycles. The molecule has 0 aliphatic heterocycles. The summed E-state index contributed by atoms with van der Waals surface area (Å²) in [6.45, 7) is 12.4. The fourth-order valence-corrected chi connectivity index (χ4v) is 2.69. The van der Waals surface area contributed by atoms with E-state index in [1.54, 1.807) is 0 Å². The normalized spacial score (nSPS) is 13.7. The predicted molar refractivity (Wildman–Crippen MR) is 107 cm³/mol.